The van der Waals surface area contributed by atoms with Crippen molar-refractivity contribution in [2.24, 2.45) is 0 Å². The number of hydrogen-bond donors (Lipinski definition) is 1. The molecule has 2 atom stereocenters. The molecule has 1 heterocycles. The summed E-state index contributed by atoms with van der Waals surface area (Å²) in [5, 5.41) is 0. The average Bonchev–Trinajstić information content (AvgIpc) is 2.71. The lowest BCUT2D eigenvalue weighted by Gasteiger charge is -2.34. The first-order valence-corrected chi connectivity index (χ1v) is 10.9. The number of carbonyl (C=O) groups is 2. The van der Waals surface area contributed by atoms with Crippen LogP contribution >= 0.6 is 0 Å². The molecule has 2 aromatic carbocycles. The molecular formula is C20H21FN2O6S. The van der Waals surface area contributed by atoms with Crippen molar-refractivity contribution in [1.29, 1.82) is 0 Å². The number of halogens is 1. The summed E-state index contributed by atoms with van der Waals surface area (Å²) in [6, 6.07) is 11.0. The van der Waals surface area contributed by atoms with E-state index < -0.39 is 39.9 Å². The highest BCUT2D eigenvalue weighted by molar-refractivity contribution is 7.88. The van der Waals surface area contributed by atoms with E-state index in [0.29, 0.717) is 17.0 Å². The Kier molecular flexibility index (Phi) is 6.37. The van der Waals surface area contributed by atoms with Gasteiger partial charge in [-0.25, -0.2) is 22.3 Å². The Bertz CT molecular complexity index is 1040. The normalized spacial score (nSPS) is 16.9. The Hall–Kier alpha value is -2.98. The third-order valence-electron chi connectivity index (χ3n) is 4.55. The van der Waals surface area contributed by atoms with Gasteiger partial charge in [0.2, 0.25) is 22.0 Å². The van der Waals surface area contributed by atoms with Crippen molar-refractivity contribution in [1.82, 2.24) is 4.72 Å². The number of nitrogens with one attached hydrogen (secondary N) is 1. The molecule has 0 aliphatic carbocycles. The predicted octanol–water partition coefficient (Wildman–Crippen LogP) is 1.77. The van der Waals surface area contributed by atoms with Crippen LogP contribution in [0.1, 0.15) is 18.0 Å². The maximum absolute atomic E-state index is 13.3. The van der Waals surface area contributed by atoms with Crippen molar-refractivity contribution in [3.8, 4) is 5.75 Å². The fourth-order valence-corrected chi connectivity index (χ4v) is 3.93. The maximum atomic E-state index is 13.3. The monoisotopic (exact) mass is 436 g/mol. The van der Waals surface area contributed by atoms with Crippen LogP contribution in [0.2, 0.25) is 0 Å². The van der Waals surface area contributed by atoms with Crippen molar-refractivity contribution in [3.63, 3.8) is 0 Å². The van der Waals surface area contributed by atoms with Crippen LogP contribution in [0.4, 0.5) is 10.1 Å². The van der Waals surface area contributed by atoms with E-state index in [1.807, 2.05) is 0 Å². The number of nitrogens with zero attached hydrogens (tertiary/aromatic N) is 1. The molecular weight excluding hydrogens is 415 g/mol. The number of hydrogen-bond acceptors (Lipinski definition) is 6. The molecule has 10 heteroatoms. The van der Waals surface area contributed by atoms with Gasteiger partial charge in [0.25, 0.3) is 0 Å². The molecule has 0 aromatic heterocycles. The number of rotatable bonds is 6. The second-order valence-corrected chi connectivity index (χ2v) is 8.58. The van der Waals surface area contributed by atoms with Gasteiger partial charge in [-0.05, 0) is 29.8 Å². The van der Waals surface area contributed by atoms with Crippen LogP contribution in [-0.4, -0.2) is 46.3 Å². The molecule has 1 N–H and O–H groups in total. The molecule has 0 saturated heterocycles. The number of amides is 1. The van der Waals surface area contributed by atoms with Crippen LogP contribution in [0, 0.1) is 5.82 Å². The molecule has 1 amide bonds. The summed E-state index contributed by atoms with van der Waals surface area (Å²) in [6.07, 6.45) is -0.285. The highest BCUT2D eigenvalue weighted by Crippen LogP contribution is 2.34. The third-order valence-corrected chi connectivity index (χ3v) is 5.26. The highest BCUT2D eigenvalue weighted by atomic mass is 32.2. The van der Waals surface area contributed by atoms with Gasteiger partial charge in [0.05, 0.1) is 31.6 Å². The molecule has 0 spiro atoms. The van der Waals surface area contributed by atoms with Gasteiger partial charge in [0.1, 0.15) is 11.6 Å². The molecule has 0 radical (unpaired) electrons. The second-order valence-electron chi connectivity index (χ2n) is 6.80. The molecule has 1 aliphatic rings. The molecule has 0 fully saturated rings. The minimum absolute atomic E-state index is 0.0858. The fraction of sp³-hybridized carbons (Fsp3) is 0.300. The van der Waals surface area contributed by atoms with E-state index in [4.69, 9.17) is 9.47 Å². The van der Waals surface area contributed by atoms with Crippen molar-refractivity contribution in [3.05, 3.63) is 59.9 Å². The van der Waals surface area contributed by atoms with Crippen LogP contribution in [0.3, 0.4) is 0 Å². The minimum atomic E-state index is -3.66. The lowest BCUT2D eigenvalue weighted by molar-refractivity contribution is -0.148. The molecule has 3 rings (SSSR count). The van der Waals surface area contributed by atoms with Gasteiger partial charge in [0, 0.05) is 6.42 Å². The Morgan fingerprint density at radius 3 is 2.53 bits per heavy atom. The maximum Gasteiger partial charge on any atom is 0.348 e. The topological polar surface area (TPSA) is 102 Å². The number of esters is 1. The summed E-state index contributed by atoms with van der Waals surface area (Å²) >= 11 is 0. The molecule has 0 unspecified atom stereocenters. The van der Waals surface area contributed by atoms with E-state index in [9.17, 15) is 22.4 Å². The van der Waals surface area contributed by atoms with Crippen LogP contribution in [-0.2, 0) is 24.3 Å². The largest absolute Gasteiger partial charge is 0.475 e. The fourth-order valence-electron chi connectivity index (χ4n) is 3.19. The van der Waals surface area contributed by atoms with Gasteiger partial charge in [0.15, 0.2) is 0 Å². The Morgan fingerprint density at radius 1 is 1.23 bits per heavy atom. The minimum Gasteiger partial charge on any atom is -0.475 e. The number of para-hydroxylation sites is 2. The quantitative estimate of drug-likeness (QED) is 0.693. The van der Waals surface area contributed by atoms with Gasteiger partial charge in [-0.1, -0.05) is 24.3 Å². The van der Waals surface area contributed by atoms with Gasteiger partial charge < -0.3 is 14.4 Å². The van der Waals surface area contributed by atoms with Crippen molar-refractivity contribution in [2.45, 2.75) is 18.6 Å². The number of ether oxygens (including phenoxy) is 2. The summed E-state index contributed by atoms with van der Waals surface area (Å²) in [4.78, 5) is 26.5. The van der Waals surface area contributed by atoms with E-state index in [2.05, 4.69) is 4.72 Å². The summed E-state index contributed by atoms with van der Waals surface area (Å²) in [5.41, 5.74) is 0.890. The first-order chi connectivity index (χ1) is 14.2. The van der Waals surface area contributed by atoms with E-state index in [1.54, 1.807) is 24.3 Å². The zero-order chi connectivity index (χ0) is 21.9. The summed E-state index contributed by atoms with van der Waals surface area (Å²) in [6.45, 7) is -0.0858. The van der Waals surface area contributed by atoms with Crippen LogP contribution in [0.25, 0.3) is 0 Å². The third kappa shape index (κ3) is 5.14. The summed E-state index contributed by atoms with van der Waals surface area (Å²) in [5.74, 6) is -1.22. The molecule has 8 nitrogen and oxygen atoms in total. The first kappa shape index (κ1) is 21.7. The number of sulfonamides is 1. The first-order valence-electron chi connectivity index (χ1n) is 9.04. The lowest BCUT2D eigenvalue weighted by atomic mass is 10.0. The van der Waals surface area contributed by atoms with E-state index in [0.717, 1.165) is 6.26 Å². The van der Waals surface area contributed by atoms with Gasteiger partial charge in [-0.15, -0.1) is 0 Å². The number of anilines is 1. The SMILES string of the molecule is COC(=O)[C@H]1CN(C(=O)C[C@H](NS(C)(=O)=O)c2ccc(F)cc2)c2ccccc2O1. The predicted molar refractivity (Wildman–Crippen MR) is 107 cm³/mol. The van der Waals surface area contributed by atoms with Crippen molar-refractivity contribution in [2.75, 3.05) is 24.8 Å². The zero-order valence-electron chi connectivity index (χ0n) is 16.4. The molecule has 160 valence electrons. The smallest absolute Gasteiger partial charge is 0.348 e. The molecule has 1 aliphatic heterocycles. The van der Waals surface area contributed by atoms with Crippen LogP contribution in [0.15, 0.2) is 48.5 Å². The second kappa shape index (κ2) is 8.80. The molecule has 30 heavy (non-hydrogen) atoms. The van der Waals surface area contributed by atoms with Gasteiger partial charge >= 0.3 is 5.97 Å². The summed E-state index contributed by atoms with van der Waals surface area (Å²) in [7, 11) is -2.44. The molecule has 2 aromatic rings. The van der Waals surface area contributed by atoms with Crippen molar-refractivity contribution >= 4 is 27.6 Å². The number of benzene rings is 2. The Balaban J connectivity index is 1.90. The standard InChI is InChI=1S/C20H21FN2O6S/c1-28-20(25)18-12-23(16-5-3-4-6-17(16)29-18)19(24)11-15(22-30(2,26)27)13-7-9-14(21)10-8-13/h3-10,15,18,22H,11-12H2,1-2H3/t15-,18+/m0/s1. The van der Waals surface area contributed by atoms with E-state index in [1.165, 1.54) is 36.3 Å². The van der Waals surface area contributed by atoms with Gasteiger partial charge in [-0.3, -0.25) is 4.79 Å². The van der Waals surface area contributed by atoms with E-state index in [-0.39, 0.29) is 13.0 Å². The zero-order valence-corrected chi connectivity index (χ0v) is 17.2. The number of fused-ring (bicyclic) bond motifs is 1. The average molecular weight is 436 g/mol. The van der Waals surface area contributed by atoms with E-state index >= 15 is 0 Å². The summed E-state index contributed by atoms with van der Waals surface area (Å²) < 4.78 is 49.7. The Morgan fingerprint density at radius 2 is 1.90 bits per heavy atom. The molecule has 0 bridgehead atoms. The lowest BCUT2D eigenvalue weighted by Crippen LogP contribution is -2.48. The van der Waals surface area contributed by atoms with Crippen LogP contribution < -0.4 is 14.4 Å². The Labute approximate surface area is 173 Å². The van der Waals surface area contributed by atoms with Crippen molar-refractivity contribution < 1.29 is 31.9 Å². The highest BCUT2D eigenvalue weighted by Gasteiger charge is 2.35. The van der Waals surface area contributed by atoms with Crippen LogP contribution in [0.5, 0.6) is 5.75 Å². The number of methoxy groups -OCH3 is 1. The van der Waals surface area contributed by atoms with Gasteiger partial charge in [-0.2, -0.15) is 0 Å². The molecule has 0 saturated carbocycles. The number of carbonyl (C=O) groups excluding carboxylic acids is 2.